The van der Waals surface area contributed by atoms with Crippen LogP contribution in [0.4, 0.5) is 13.2 Å². The van der Waals surface area contributed by atoms with Crippen molar-refractivity contribution in [1.82, 2.24) is 0 Å². The molecule has 0 heterocycles. The molecule has 8 heteroatoms. The molecule has 0 bridgehead atoms. The molecule has 0 aliphatic carbocycles. The van der Waals surface area contributed by atoms with Crippen molar-refractivity contribution in [2.45, 2.75) is 13.1 Å². The Morgan fingerprint density at radius 3 is 2.44 bits per heavy atom. The number of allylic oxidation sites excluding steroid dienone is 1. The van der Waals surface area contributed by atoms with Gasteiger partial charge in [0.15, 0.2) is 0 Å². The van der Waals surface area contributed by atoms with Crippen LogP contribution in [0.2, 0.25) is 0 Å². The zero-order valence-electron chi connectivity index (χ0n) is 8.23. The maximum atomic E-state index is 12.1. The number of rotatable bonds is 4. The van der Waals surface area contributed by atoms with Gasteiger partial charge in [-0.25, -0.2) is 4.79 Å². The second-order valence-electron chi connectivity index (χ2n) is 2.43. The van der Waals surface area contributed by atoms with Crippen molar-refractivity contribution in [1.29, 1.82) is 0 Å². The summed E-state index contributed by atoms with van der Waals surface area (Å²) in [5, 5.41) is 0. The van der Waals surface area contributed by atoms with E-state index in [1.807, 2.05) is 0 Å². The van der Waals surface area contributed by atoms with Gasteiger partial charge in [-0.2, -0.15) is 13.2 Å². The third kappa shape index (κ3) is 4.93. The van der Waals surface area contributed by atoms with E-state index in [1.54, 1.807) is 6.92 Å². The highest BCUT2D eigenvalue weighted by molar-refractivity contribution is 9.14. The minimum absolute atomic E-state index is 0.0880. The maximum absolute atomic E-state index is 12.1. The molecule has 0 aromatic rings. The maximum Gasteiger partial charge on any atom is 0.422 e. The molecule has 2 N–H and O–H groups in total. The van der Waals surface area contributed by atoms with Crippen LogP contribution in [-0.2, 0) is 9.53 Å². The molecule has 0 amide bonds. The van der Waals surface area contributed by atoms with Gasteiger partial charge in [-0.1, -0.05) is 18.3 Å². The predicted octanol–water partition coefficient (Wildman–Crippen LogP) is 2.88. The quantitative estimate of drug-likeness (QED) is 0.639. The number of ether oxygens (including phenoxy) is 1. The van der Waals surface area contributed by atoms with E-state index in [0.29, 0.717) is 0 Å². The lowest BCUT2D eigenvalue weighted by Gasteiger charge is -2.10. The van der Waals surface area contributed by atoms with Crippen molar-refractivity contribution in [2.24, 2.45) is 5.73 Å². The van der Waals surface area contributed by atoms with Crippen molar-refractivity contribution in [3.05, 3.63) is 21.0 Å². The number of alkyl halides is 3. The first-order valence-electron chi connectivity index (χ1n) is 3.96. The minimum atomic E-state index is -4.54. The molecule has 0 saturated carbocycles. The summed E-state index contributed by atoms with van der Waals surface area (Å²) >= 11 is 2.98. The van der Waals surface area contributed by atoms with Crippen molar-refractivity contribution >= 4 is 33.7 Å². The molecule has 0 unspecified atom stereocenters. The molecule has 0 atom stereocenters. The molecule has 0 fully saturated rings. The van der Waals surface area contributed by atoms with Gasteiger partial charge < -0.3 is 10.5 Å². The van der Waals surface area contributed by atoms with Gasteiger partial charge in [0, 0.05) is 0 Å². The normalized spacial score (nSPS) is 13.1. The molecular formula is C8H9BrF3NO2S. The third-order valence-electron chi connectivity index (χ3n) is 1.24. The van der Waals surface area contributed by atoms with Gasteiger partial charge in [0.05, 0.1) is 15.3 Å². The standard InChI is InChI=1S/C8H9BrF3NO2S/c1-3-15-7(14)5(13)6(9)16-4(2)8(10,11)12/h2-3,13H2,1H3/b6-5-. The fourth-order valence-corrected chi connectivity index (χ4v) is 1.78. The summed E-state index contributed by atoms with van der Waals surface area (Å²) in [5.74, 6) is -0.878. The van der Waals surface area contributed by atoms with Crippen LogP contribution in [0, 0.1) is 0 Å². The van der Waals surface area contributed by atoms with Crippen LogP contribution >= 0.6 is 27.7 Å². The molecule has 0 aliphatic rings. The summed E-state index contributed by atoms with van der Waals surface area (Å²) in [7, 11) is 0. The predicted molar refractivity (Wildman–Crippen MR) is 59.6 cm³/mol. The summed E-state index contributed by atoms with van der Waals surface area (Å²) in [4.78, 5) is 9.98. The lowest BCUT2D eigenvalue weighted by Crippen LogP contribution is -2.16. The van der Waals surface area contributed by atoms with E-state index >= 15 is 0 Å². The van der Waals surface area contributed by atoms with Crippen LogP contribution in [0.15, 0.2) is 21.0 Å². The van der Waals surface area contributed by atoms with Crippen molar-refractivity contribution in [3.8, 4) is 0 Å². The third-order valence-corrected chi connectivity index (χ3v) is 3.03. The zero-order valence-corrected chi connectivity index (χ0v) is 10.6. The lowest BCUT2D eigenvalue weighted by molar-refractivity contribution is -0.138. The van der Waals surface area contributed by atoms with Crippen LogP contribution < -0.4 is 5.73 Å². The van der Waals surface area contributed by atoms with Gasteiger partial charge in [-0.15, -0.1) is 0 Å². The lowest BCUT2D eigenvalue weighted by atomic mass is 10.5. The number of esters is 1. The van der Waals surface area contributed by atoms with Crippen molar-refractivity contribution < 1.29 is 22.7 Å². The van der Waals surface area contributed by atoms with E-state index in [-0.39, 0.29) is 22.2 Å². The second kappa shape index (κ2) is 6.19. The number of thioether (sulfide) groups is 1. The van der Waals surface area contributed by atoms with Crippen LogP contribution in [0.25, 0.3) is 0 Å². The molecule has 0 aromatic carbocycles. The van der Waals surface area contributed by atoms with Crippen LogP contribution in [0.1, 0.15) is 6.92 Å². The first-order chi connectivity index (χ1) is 7.20. The number of carbonyl (C=O) groups is 1. The number of hydrogen-bond acceptors (Lipinski definition) is 4. The number of carbonyl (C=O) groups excluding carboxylic acids is 1. The topological polar surface area (TPSA) is 52.3 Å². The Bertz CT molecular complexity index is 328. The average Bonchev–Trinajstić information content (AvgIpc) is 2.15. The summed E-state index contributed by atoms with van der Waals surface area (Å²) < 4.78 is 40.6. The highest BCUT2D eigenvalue weighted by Crippen LogP contribution is 2.40. The van der Waals surface area contributed by atoms with Crippen LogP contribution in [0.5, 0.6) is 0 Å². The first kappa shape index (κ1) is 15.4. The van der Waals surface area contributed by atoms with Crippen LogP contribution in [-0.4, -0.2) is 18.8 Å². The van der Waals surface area contributed by atoms with Gasteiger partial charge >= 0.3 is 12.1 Å². The van der Waals surface area contributed by atoms with Gasteiger partial charge in [0.2, 0.25) is 0 Å². The average molecular weight is 320 g/mol. The Labute approximate surface area is 103 Å². The van der Waals surface area contributed by atoms with Crippen LogP contribution in [0.3, 0.4) is 0 Å². The SMILES string of the molecule is C=C(S/C(Br)=C(\N)C(=O)OCC)C(F)(F)F. The van der Waals surface area contributed by atoms with Gasteiger partial charge in [0.1, 0.15) is 5.70 Å². The van der Waals surface area contributed by atoms with Crippen molar-refractivity contribution in [2.75, 3.05) is 6.61 Å². The Morgan fingerprint density at radius 1 is 1.56 bits per heavy atom. The van der Waals surface area contributed by atoms with E-state index in [1.165, 1.54) is 0 Å². The van der Waals surface area contributed by atoms with Crippen molar-refractivity contribution in [3.63, 3.8) is 0 Å². The first-order valence-corrected chi connectivity index (χ1v) is 5.57. The monoisotopic (exact) mass is 319 g/mol. The van der Waals surface area contributed by atoms with Gasteiger partial charge in [0.25, 0.3) is 0 Å². The molecule has 16 heavy (non-hydrogen) atoms. The summed E-state index contributed by atoms with van der Waals surface area (Å²) in [5.41, 5.74) is 4.85. The second-order valence-corrected chi connectivity index (χ2v) is 4.85. The van der Waals surface area contributed by atoms with E-state index in [4.69, 9.17) is 5.73 Å². The highest BCUT2D eigenvalue weighted by Gasteiger charge is 2.33. The molecule has 0 aliphatic heterocycles. The zero-order chi connectivity index (χ0) is 12.9. The van der Waals surface area contributed by atoms with E-state index < -0.39 is 22.7 Å². The minimum Gasteiger partial charge on any atom is -0.461 e. The van der Waals surface area contributed by atoms with Gasteiger partial charge in [-0.3, -0.25) is 0 Å². The Kier molecular flexibility index (Phi) is 5.95. The largest absolute Gasteiger partial charge is 0.461 e. The molecule has 0 rings (SSSR count). The molecule has 0 spiro atoms. The van der Waals surface area contributed by atoms with E-state index in [2.05, 4.69) is 27.2 Å². The summed E-state index contributed by atoms with van der Waals surface area (Å²) in [6.07, 6.45) is -4.54. The molecule has 3 nitrogen and oxygen atoms in total. The summed E-state index contributed by atoms with van der Waals surface area (Å²) in [6.45, 7) is 4.46. The highest BCUT2D eigenvalue weighted by atomic mass is 79.9. The summed E-state index contributed by atoms with van der Waals surface area (Å²) in [6, 6.07) is 0. The number of hydrogen-bond donors (Lipinski definition) is 1. The fourth-order valence-electron chi connectivity index (χ4n) is 0.510. The Morgan fingerprint density at radius 2 is 2.06 bits per heavy atom. The van der Waals surface area contributed by atoms with E-state index in [0.717, 1.165) is 0 Å². The molecule has 0 saturated heterocycles. The fraction of sp³-hybridized carbons (Fsp3) is 0.375. The van der Waals surface area contributed by atoms with Gasteiger partial charge in [-0.05, 0) is 22.9 Å². The van der Waals surface area contributed by atoms with E-state index in [9.17, 15) is 18.0 Å². The number of nitrogens with two attached hydrogens (primary N) is 1. The smallest absolute Gasteiger partial charge is 0.422 e. The molecule has 92 valence electrons. The Hall–Kier alpha value is -0.630. The molecule has 0 aromatic heterocycles. The number of halogens is 4. The molecular weight excluding hydrogens is 311 g/mol. The Balaban J connectivity index is 4.67. The molecule has 0 radical (unpaired) electrons.